The van der Waals surface area contributed by atoms with E-state index in [-0.39, 0.29) is 16.8 Å². The van der Waals surface area contributed by atoms with Gasteiger partial charge in [-0.05, 0) is 42.2 Å². The number of nitrogens with one attached hydrogen (secondary N) is 1. The molecule has 2 rings (SSSR count). The van der Waals surface area contributed by atoms with Gasteiger partial charge in [0, 0.05) is 17.7 Å². The van der Waals surface area contributed by atoms with Gasteiger partial charge in [0.1, 0.15) is 0 Å². The molecule has 0 radical (unpaired) electrons. The van der Waals surface area contributed by atoms with Crippen molar-refractivity contribution in [2.24, 2.45) is 0 Å². The minimum atomic E-state index is -3.22. The zero-order chi connectivity index (χ0) is 18.4. The van der Waals surface area contributed by atoms with E-state index in [1.807, 2.05) is 31.2 Å². The summed E-state index contributed by atoms with van der Waals surface area (Å²) < 4.78 is 23.1. The van der Waals surface area contributed by atoms with Crippen molar-refractivity contribution in [3.63, 3.8) is 0 Å². The van der Waals surface area contributed by atoms with Gasteiger partial charge in [0.2, 0.25) is 5.91 Å². The Morgan fingerprint density at radius 1 is 1.12 bits per heavy atom. The van der Waals surface area contributed by atoms with E-state index in [1.165, 1.54) is 6.26 Å². The molecular weight excluding hydrogens is 358 g/mol. The highest BCUT2D eigenvalue weighted by Crippen LogP contribution is 2.20. The molecule has 0 aliphatic rings. The second-order valence-corrected chi connectivity index (χ2v) is 8.38. The predicted molar refractivity (Wildman–Crippen MR) is 100 cm³/mol. The first-order valence-electron chi connectivity index (χ1n) is 8.14. The fourth-order valence-corrected chi connectivity index (χ4v) is 3.44. The van der Waals surface area contributed by atoms with Gasteiger partial charge in [0.25, 0.3) is 0 Å². The van der Waals surface area contributed by atoms with Crippen LogP contribution >= 0.6 is 11.6 Å². The van der Waals surface area contributed by atoms with Crippen LogP contribution in [0.25, 0.3) is 0 Å². The van der Waals surface area contributed by atoms with Crippen molar-refractivity contribution in [1.82, 2.24) is 5.32 Å². The van der Waals surface area contributed by atoms with Gasteiger partial charge in [0.05, 0.1) is 10.9 Å². The van der Waals surface area contributed by atoms with Crippen molar-refractivity contribution in [2.45, 2.75) is 37.1 Å². The third kappa shape index (κ3) is 5.58. The maximum Gasteiger partial charge on any atom is 0.220 e. The van der Waals surface area contributed by atoms with Crippen molar-refractivity contribution < 1.29 is 13.2 Å². The molecule has 0 aliphatic carbocycles. The number of sulfone groups is 1. The van der Waals surface area contributed by atoms with Crippen LogP contribution in [0.15, 0.2) is 53.4 Å². The van der Waals surface area contributed by atoms with Gasteiger partial charge in [-0.25, -0.2) is 8.42 Å². The maximum atomic E-state index is 12.2. The van der Waals surface area contributed by atoms with Crippen LogP contribution in [0.5, 0.6) is 0 Å². The third-order valence-electron chi connectivity index (χ3n) is 4.03. The van der Waals surface area contributed by atoms with E-state index >= 15 is 0 Å². The highest BCUT2D eigenvalue weighted by molar-refractivity contribution is 7.90. The summed E-state index contributed by atoms with van der Waals surface area (Å²) in [4.78, 5) is 12.5. The number of hydrogen-bond donors (Lipinski definition) is 1. The molecule has 0 aromatic heterocycles. The molecule has 4 nitrogen and oxygen atoms in total. The quantitative estimate of drug-likeness (QED) is 0.792. The van der Waals surface area contributed by atoms with Crippen molar-refractivity contribution in [1.29, 1.82) is 0 Å². The summed E-state index contributed by atoms with van der Waals surface area (Å²) in [5.74, 6) is -0.0565. The normalized spacial score (nSPS) is 12.6. The van der Waals surface area contributed by atoms with E-state index in [0.717, 1.165) is 17.5 Å². The van der Waals surface area contributed by atoms with E-state index in [0.29, 0.717) is 17.9 Å². The molecule has 0 saturated carbocycles. The number of benzene rings is 2. The summed E-state index contributed by atoms with van der Waals surface area (Å²) in [6, 6.07) is 14.0. The molecule has 0 aliphatic heterocycles. The monoisotopic (exact) mass is 379 g/mol. The van der Waals surface area contributed by atoms with Crippen molar-refractivity contribution in [3.05, 3.63) is 64.7 Å². The molecule has 6 heteroatoms. The molecule has 1 amide bonds. The van der Waals surface area contributed by atoms with Gasteiger partial charge in [-0.15, -0.1) is 0 Å². The second-order valence-electron chi connectivity index (χ2n) is 5.96. The fraction of sp³-hybridized carbons (Fsp3) is 0.316. The molecule has 25 heavy (non-hydrogen) atoms. The largest absolute Gasteiger partial charge is 0.349 e. The number of rotatable bonds is 7. The van der Waals surface area contributed by atoms with Crippen LogP contribution in [0.1, 0.15) is 36.9 Å². The standard InChI is InChI=1S/C19H22ClNO3S/c1-3-18(15-8-11-16(12-9-15)25(2,23)24)21-19(22)13-10-14-6-4-5-7-17(14)20/h4-9,11-12,18H,3,10,13H2,1-2H3,(H,21,22)/t18-/m0/s1. The minimum absolute atomic E-state index is 0.0565. The molecule has 134 valence electrons. The van der Waals surface area contributed by atoms with Gasteiger partial charge in [-0.1, -0.05) is 48.9 Å². The first-order chi connectivity index (χ1) is 11.8. The molecule has 1 N–H and O–H groups in total. The zero-order valence-corrected chi connectivity index (χ0v) is 15.9. The summed E-state index contributed by atoms with van der Waals surface area (Å²) in [7, 11) is -3.22. The van der Waals surface area contributed by atoms with Crippen LogP contribution < -0.4 is 5.32 Å². The molecule has 2 aromatic rings. The van der Waals surface area contributed by atoms with Crippen molar-refractivity contribution in [3.8, 4) is 0 Å². The van der Waals surface area contributed by atoms with E-state index in [1.54, 1.807) is 24.3 Å². The van der Waals surface area contributed by atoms with Gasteiger partial charge in [-0.2, -0.15) is 0 Å². The van der Waals surface area contributed by atoms with E-state index in [2.05, 4.69) is 5.32 Å². The van der Waals surface area contributed by atoms with Gasteiger partial charge >= 0.3 is 0 Å². The molecule has 0 bridgehead atoms. The summed E-state index contributed by atoms with van der Waals surface area (Å²) in [5, 5.41) is 3.66. The van der Waals surface area contributed by atoms with Crippen molar-refractivity contribution in [2.75, 3.05) is 6.26 Å². The average molecular weight is 380 g/mol. The molecule has 0 saturated heterocycles. The number of hydrogen-bond acceptors (Lipinski definition) is 3. The van der Waals surface area contributed by atoms with Crippen LogP contribution in [0.2, 0.25) is 5.02 Å². The number of aryl methyl sites for hydroxylation is 1. The number of carbonyl (C=O) groups excluding carboxylic acids is 1. The lowest BCUT2D eigenvalue weighted by Crippen LogP contribution is -2.28. The van der Waals surface area contributed by atoms with Crippen LogP contribution in [-0.4, -0.2) is 20.6 Å². The van der Waals surface area contributed by atoms with E-state index in [9.17, 15) is 13.2 Å². The maximum absolute atomic E-state index is 12.2. The van der Waals surface area contributed by atoms with Crippen LogP contribution in [0.4, 0.5) is 0 Å². The summed E-state index contributed by atoms with van der Waals surface area (Å²) in [6.45, 7) is 1.98. The highest BCUT2D eigenvalue weighted by atomic mass is 35.5. The Hall–Kier alpha value is -1.85. The Labute approximate surface area is 154 Å². The highest BCUT2D eigenvalue weighted by Gasteiger charge is 2.14. The lowest BCUT2D eigenvalue weighted by atomic mass is 10.0. The van der Waals surface area contributed by atoms with E-state index in [4.69, 9.17) is 11.6 Å². The molecular formula is C19H22ClNO3S. The smallest absolute Gasteiger partial charge is 0.220 e. The van der Waals surface area contributed by atoms with Gasteiger partial charge in [0.15, 0.2) is 9.84 Å². The van der Waals surface area contributed by atoms with Gasteiger partial charge < -0.3 is 5.32 Å². The van der Waals surface area contributed by atoms with E-state index < -0.39 is 9.84 Å². The number of halogens is 1. The molecule has 0 fully saturated rings. The Balaban J connectivity index is 1.99. The molecule has 2 aromatic carbocycles. The lowest BCUT2D eigenvalue weighted by molar-refractivity contribution is -0.121. The summed E-state index contributed by atoms with van der Waals surface area (Å²) in [6.07, 6.45) is 2.82. The third-order valence-corrected chi connectivity index (χ3v) is 5.53. The minimum Gasteiger partial charge on any atom is -0.349 e. The number of carbonyl (C=O) groups is 1. The van der Waals surface area contributed by atoms with Crippen molar-refractivity contribution >= 4 is 27.3 Å². The first kappa shape index (κ1) is 19.5. The Bertz CT molecular complexity index is 832. The molecule has 0 heterocycles. The average Bonchev–Trinajstić information content (AvgIpc) is 2.58. The number of amides is 1. The zero-order valence-electron chi connectivity index (χ0n) is 14.3. The van der Waals surface area contributed by atoms with Crippen LogP contribution in [0.3, 0.4) is 0 Å². The fourth-order valence-electron chi connectivity index (χ4n) is 2.58. The van der Waals surface area contributed by atoms with Gasteiger partial charge in [-0.3, -0.25) is 4.79 Å². The predicted octanol–water partition coefficient (Wildman–Crippen LogP) is 3.94. The Morgan fingerprint density at radius 2 is 1.76 bits per heavy atom. The first-order valence-corrected chi connectivity index (χ1v) is 10.4. The topological polar surface area (TPSA) is 63.2 Å². The summed E-state index contributed by atoms with van der Waals surface area (Å²) >= 11 is 6.11. The summed E-state index contributed by atoms with van der Waals surface area (Å²) in [5.41, 5.74) is 1.84. The van der Waals surface area contributed by atoms with Crippen LogP contribution in [0, 0.1) is 0 Å². The molecule has 0 spiro atoms. The molecule has 0 unspecified atom stereocenters. The van der Waals surface area contributed by atoms with Crippen LogP contribution in [-0.2, 0) is 21.1 Å². The Morgan fingerprint density at radius 3 is 2.32 bits per heavy atom. The second kappa shape index (κ2) is 8.50. The Kier molecular flexibility index (Phi) is 6.62. The lowest BCUT2D eigenvalue weighted by Gasteiger charge is -2.18. The SMILES string of the molecule is CC[C@H](NC(=O)CCc1ccccc1Cl)c1ccc(S(C)(=O)=O)cc1. The molecule has 1 atom stereocenters.